The molecule has 0 amide bonds. The van der Waals surface area contributed by atoms with Crippen LogP contribution < -0.4 is 4.57 Å². The first-order valence-electron chi connectivity index (χ1n) is 13.4. The molecule has 2 aliphatic rings. The van der Waals surface area contributed by atoms with Gasteiger partial charge < -0.3 is 0 Å². The van der Waals surface area contributed by atoms with Crippen LogP contribution in [0.15, 0.2) is 42.5 Å². The largest absolute Gasteiger partial charge is 0.238 e. The molecule has 0 radical (unpaired) electrons. The van der Waals surface area contributed by atoms with E-state index < -0.39 is 0 Å². The van der Waals surface area contributed by atoms with Gasteiger partial charge in [0.05, 0.1) is 18.9 Å². The van der Waals surface area contributed by atoms with E-state index in [0.29, 0.717) is 22.9 Å². The molecule has 2 heteroatoms. The summed E-state index contributed by atoms with van der Waals surface area (Å²) >= 11 is 0. The summed E-state index contributed by atoms with van der Waals surface area (Å²) in [5, 5.41) is 1.67. The summed E-state index contributed by atoms with van der Waals surface area (Å²) in [5.41, 5.74) is 7.05. The summed E-state index contributed by atoms with van der Waals surface area (Å²) in [4.78, 5) is 3.58. The molecule has 0 aliphatic heterocycles. The topological polar surface area (TPSA) is 8.24 Å². The Morgan fingerprint density at radius 2 is 1.62 bits per heavy atom. The van der Waals surface area contributed by atoms with Gasteiger partial charge in [-0.3, -0.25) is 0 Å². The molecule has 2 aliphatic carbocycles. The average molecular weight is 426 g/mol. The van der Waals surface area contributed by atoms with E-state index in [2.05, 4.69) is 23.9 Å². The molecule has 32 heavy (non-hydrogen) atoms. The molecule has 3 aromatic rings. The molecule has 1 aromatic heterocycles. The Kier molecular flexibility index (Phi) is 5.35. The average Bonchev–Trinajstić information content (AvgIpc) is 2.89. The molecule has 0 saturated heterocycles. The fraction of sp³-hybridized carbons (Fsp3) is 0.467. The number of nitrogens with zero attached hydrogens (tertiary/aromatic N) is 2. The molecule has 2 aromatic carbocycles. The first-order chi connectivity index (χ1) is 16.5. The molecule has 1 heterocycles. The smallest absolute Gasteiger partial charge is 0.220 e. The van der Waals surface area contributed by atoms with E-state index in [-0.39, 0.29) is 12.2 Å². The van der Waals surface area contributed by atoms with Gasteiger partial charge in [0.2, 0.25) is 5.69 Å². The molecule has 2 nitrogen and oxygen atoms in total. The van der Waals surface area contributed by atoms with Gasteiger partial charge in [-0.2, -0.15) is 0 Å². The third-order valence-corrected chi connectivity index (χ3v) is 7.93. The van der Waals surface area contributed by atoms with Crippen LogP contribution in [0.5, 0.6) is 0 Å². The van der Waals surface area contributed by atoms with Crippen molar-refractivity contribution in [2.24, 2.45) is 7.05 Å². The minimum atomic E-state index is 0.195. The van der Waals surface area contributed by atoms with Crippen molar-refractivity contribution in [3.05, 3.63) is 70.7 Å². The van der Waals surface area contributed by atoms with E-state index in [0.717, 1.165) is 11.1 Å². The summed E-state index contributed by atoms with van der Waals surface area (Å²) in [7, 11) is 1.92. The maximum Gasteiger partial charge on any atom is 0.220 e. The molecule has 0 unspecified atom stereocenters. The lowest BCUT2D eigenvalue weighted by Crippen LogP contribution is -2.31. The lowest BCUT2D eigenvalue weighted by molar-refractivity contribution is -0.659. The fourth-order valence-electron chi connectivity index (χ4n) is 6.13. The van der Waals surface area contributed by atoms with Crippen molar-refractivity contribution in [1.82, 2.24) is 0 Å². The molecule has 0 atom stereocenters. The van der Waals surface area contributed by atoms with Crippen molar-refractivity contribution < 1.29 is 7.31 Å². The number of aromatic nitrogens is 1. The van der Waals surface area contributed by atoms with E-state index in [1.54, 1.807) is 6.07 Å². The van der Waals surface area contributed by atoms with Crippen molar-refractivity contribution in [2.45, 2.75) is 83.0 Å². The van der Waals surface area contributed by atoms with Gasteiger partial charge in [-0.05, 0) is 78.7 Å². The van der Waals surface area contributed by atoms with Gasteiger partial charge in [0.1, 0.15) is 8.42 Å². The second-order valence-corrected chi connectivity index (χ2v) is 9.94. The van der Waals surface area contributed by atoms with Crippen molar-refractivity contribution in [3.63, 3.8) is 0 Å². The van der Waals surface area contributed by atoms with Gasteiger partial charge in [0.25, 0.3) is 0 Å². The second-order valence-electron chi connectivity index (χ2n) is 9.94. The number of hydrogen-bond donors (Lipinski definition) is 0. The highest BCUT2D eigenvalue weighted by atomic mass is 14.9. The summed E-state index contributed by atoms with van der Waals surface area (Å²) < 4.78 is 19.2. The summed E-state index contributed by atoms with van der Waals surface area (Å²) in [6.45, 7) is 9.70. The highest BCUT2D eigenvalue weighted by Crippen LogP contribution is 2.42. The third kappa shape index (κ3) is 3.95. The Hall–Kier alpha value is -2.66. The highest BCUT2D eigenvalue weighted by molar-refractivity contribution is 5.95. The standard InChI is InChI=1S/C30H35N2/c1-21-28(23-12-8-5-9-13-23)19-25(22-10-6-4-7-11-22)20-29(21)30-27-15-14-26(31-2)18-24(27)16-17-32(30)3/h14-20,22-23H,4-13H2,1,3H3/q+1/i16D,17D. The Morgan fingerprint density at radius 3 is 2.31 bits per heavy atom. The van der Waals surface area contributed by atoms with Gasteiger partial charge in [0.15, 0.2) is 11.9 Å². The van der Waals surface area contributed by atoms with Crippen LogP contribution in [0.2, 0.25) is 0 Å². The quantitative estimate of drug-likeness (QED) is 0.295. The molecule has 0 bridgehead atoms. The Labute approximate surface area is 195 Å². The predicted octanol–water partition coefficient (Wildman–Crippen LogP) is 8.29. The van der Waals surface area contributed by atoms with Crippen molar-refractivity contribution in [1.29, 1.82) is 0 Å². The van der Waals surface area contributed by atoms with E-state index >= 15 is 0 Å². The fourth-order valence-corrected chi connectivity index (χ4v) is 6.13. The number of pyridine rings is 1. The minimum absolute atomic E-state index is 0.195. The van der Waals surface area contributed by atoms with Crippen LogP contribution in [0.3, 0.4) is 0 Å². The predicted molar refractivity (Wildman–Crippen MR) is 133 cm³/mol. The molecular weight excluding hydrogens is 388 g/mol. The molecule has 0 N–H and O–H groups in total. The second kappa shape index (κ2) is 9.07. The zero-order valence-corrected chi connectivity index (χ0v) is 19.5. The first-order valence-corrected chi connectivity index (χ1v) is 12.4. The first kappa shape index (κ1) is 18.9. The maximum atomic E-state index is 8.71. The van der Waals surface area contributed by atoms with Crippen LogP contribution in [0, 0.1) is 13.5 Å². The zero-order valence-electron chi connectivity index (χ0n) is 21.5. The molecule has 164 valence electrons. The summed E-state index contributed by atoms with van der Waals surface area (Å²) in [6, 6.07) is 10.8. The van der Waals surface area contributed by atoms with E-state index in [9.17, 15) is 0 Å². The SMILES string of the molecule is [2H]c1c([2H])[n+](C)c(-c2cc(C3CCCCC3)cc(C3CCCCC3)c2C)c2ccc([N+]#[C-])cc12. The minimum Gasteiger partial charge on any atom is -0.238 e. The van der Waals surface area contributed by atoms with Crippen LogP contribution in [0.1, 0.15) is 95.5 Å². The van der Waals surface area contributed by atoms with Crippen molar-refractivity contribution in [3.8, 4) is 11.3 Å². The van der Waals surface area contributed by atoms with E-state index in [1.165, 1.54) is 86.5 Å². The Morgan fingerprint density at radius 1 is 0.938 bits per heavy atom. The number of rotatable bonds is 3. The van der Waals surface area contributed by atoms with Gasteiger partial charge >= 0.3 is 0 Å². The lowest BCUT2D eigenvalue weighted by Gasteiger charge is -2.28. The van der Waals surface area contributed by atoms with Crippen LogP contribution in [0.25, 0.3) is 26.9 Å². The van der Waals surface area contributed by atoms with Crippen molar-refractivity contribution >= 4 is 16.5 Å². The van der Waals surface area contributed by atoms with Crippen molar-refractivity contribution in [2.75, 3.05) is 0 Å². The third-order valence-electron chi connectivity index (χ3n) is 7.93. The normalized spacial score (nSPS) is 18.9. The monoisotopic (exact) mass is 425 g/mol. The number of hydrogen-bond acceptors (Lipinski definition) is 0. The molecule has 2 fully saturated rings. The van der Waals surface area contributed by atoms with Gasteiger partial charge in [0, 0.05) is 6.04 Å². The van der Waals surface area contributed by atoms with Gasteiger partial charge in [-0.25, -0.2) is 9.41 Å². The molecular formula is C30H35N2+. The van der Waals surface area contributed by atoms with E-state index in [1.807, 2.05) is 23.7 Å². The lowest BCUT2D eigenvalue weighted by atomic mass is 9.76. The molecule has 0 spiro atoms. The summed E-state index contributed by atoms with van der Waals surface area (Å²) in [5.74, 6) is 1.24. The van der Waals surface area contributed by atoms with Gasteiger partial charge in [-0.1, -0.05) is 56.7 Å². The zero-order chi connectivity index (χ0) is 23.8. The summed E-state index contributed by atoms with van der Waals surface area (Å²) in [6.07, 6.45) is 13.2. The van der Waals surface area contributed by atoms with Crippen LogP contribution in [0.4, 0.5) is 5.69 Å². The maximum absolute atomic E-state index is 8.71. The van der Waals surface area contributed by atoms with Crippen LogP contribution in [-0.2, 0) is 7.05 Å². The van der Waals surface area contributed by atoms with Crippen LogP contribution >= 0.6 is 0 Å². The molecule has 5 rings (SSSR count). The number of fused-ring (bicyclic) bond motifs is 1. The van der Waals surface area contributed by atoms with Gasteiger partial charge in [-0.15, -0.1) is 0 Å². The number of benzene rings is 2. The molecule has 2 saturated carbocycles. The van der Waals surface area contributed by atoms with E-state index in [4.69, 9.17) is 9.31 Å². The Balaban J connectivity index is 1.78. The van der Waals surface area contributed by atoms with Crippen LogP contribution in [-0.4, -0.2) is 0 Å². The highest BCUT2D eigenvalue weighted by Gasteiger charge is 2.26. The Bertz CT molecular complexity index is 1280.